The Morgan fingerprint density at radius 3 is 2.48 bits per heavy atom. The second-order valence-electron chi connectivity index (χ2n) is 5.78. The minimum absolute atomic E-state index is 0.0336. The molecule has 8 nitrogen and oxygen atoms in total. The van der Waals surface area contributed by atoms with E-state index in [0.29, 0.717) is 15.9 Å². The molecular formula is C18H16ClN5O3. The number of hydrazine groups is 1. The molecule has 2 amide bonds. The Morgan fingerprint density at radius 2 is 1.70 bits per heavy atom. The van der Waals surface area contributed by atoms with Gasteiger partial charge in [0.05, 0.1) is 18.4 Å². The molecule has 0 bridgehead atoms. The first-order valence-electron chi connectivity index (χ1n) is 8.17. The summed E-state index contributed by atoms with van der Waals surface area (Å²) in [7, 11) is 0. The zero-order valence-electron chi connectivity index (χ0n) is 14.2. The molecule has 9 heteroatoms. The van der Waals surface area contributed by atoms with Gasteiger partial charge in [0.1, 0.15) is 5.52 Å². The standard InChI is InChI=1S/C18H16ClN5O3/c19-13-7-5-12(6-8-13)11-17(26)22-21-16(25)9-10-24-18(27)14-3-1-2-4-15(14)20-23-24/h1-8H,9-11H2,(H,21,25)(H,22,26). The van der Waals surface area contributed by atoms with E-state index in [-0.39, 0.29) is 30.9 Å². The highest BCUT2D eigenvalue weighted by atomic mass is 35.5. The molecule has 0 saturated carbocycles. The molecule has 3 rings (SSSR count). The molecular weight excluding hydrogens is 370 g/mol. The summed E-state index contributed by atoms with van der Waals surface area (Å²) in [5.74, 6) is -0.811. The molecule has 0 atom stereocenters. The van der Waals surface area contributed by atoms with E-state index in [1.165, 1.54) is 0 Å². The molecule has 0 aliphatic carbocycles. The van der Waals surface area contributed by atoms with Crippen LogP contribution in [0.5, 0.6) is 0 Å². The predicted molar refractivity (Wildman–Crippen MR) is 99.9 cm³/mol. The maximum Gasteiger partial charge on any atom is 0.277 e. The van der Waals surface area contributed by atoms with Gasteiger partial charge in [-0.15, -0.1) is 5.10 Å². The Kier molecular flexibility index (Phi) is 5.77. The molecule has 0 spiro atoms. The van der Waals surface area contributed by atoms with E-state index in [2.05, 4.69) is 21.2 Å². The summed E-state index contributed by atoms with van der Waals surface area (Å²) < 4.78 is 1.12. The monoisotopic (exact) mass is 385 g/mol. The summed E-state index contributed by atoms with van der Waals surface area (Å²) in [5, 5.41) is 8.78. The van der Waals surface area contributed by atoms with Gasteiger partial charge in [0.2, 0.25) is 11.8 Å². The molecule has 1 aromatic heterocycles. The number of nitrogens with one attached hydrogen (secondary N) is 2. The van der Waals surface area contributed by atoms with Gasteiger partial charge in [-0.05, 0) is 29.8 Å². The quantitative estimate of drug-likeness (QED) is 0.642. The largest absolute Gasteiger partial charge is 0.277 e. The van der Waals surface area contributed by atoms with Gasteiger partial charge in [0.25, 0.3) is 5.56 Å². The van der Waals surface area contributed by atoms with Crippen LogP contribution in [0.15, 0.2) is 53.3 Å². The first-order valence-corrected chi connectivity index (χ1v) is 8.55. The number of halogens is 1. The number of aryl methyl sites for hydroxylation is 1. The van der Waals surface area contributed by atoms with Gasteiger partial charge in [-0.2, -0.15) is 0 Å². The number of carbonyl (C=O) groups is 2. The van der Waals surface area contributed by atoms with Crippen LogP contribution in [0.4, 0.5) is 0 Å². The van der Waals surface area contributed by atoms with Crippen LogP contribution in [-0.2, 0) is 22.6 Å². The third kappa shape index (κ3) is 4.89. The number of rotatable bonds is 5. The average Bonchev–Trinajstić information content (AvgIpc) is 2.68. The third-order valence-electron chi connectivity index (χ3n) is 3.80. The normalized spacial score (nSPS) is 10.6. The van der Waals surface area contributed by atoms with E-state index >= 15 is 0 Å². The van der Waals surface area contributed by atoms with Gasteiger partial charge in [-0.25, -0.2) is 4.68 Å². The Balaban J connectivity index is 1.50. The first kappa shape index (κ1) is 18.5. The van der Waals surface area contributed by atoms with Gasteiger partial charge < -0.3 is 0 Å². The molecule has 1 heterocycles. The topological polar surface area (TPSA) is 106 Å². The fraction of sp³-hybridized carbons (Fsp3) is 0.167. The lowest BCUT2D eigenvalue weighted by molar-refractivity contribution is -0.128. The SMILES string of the molecule is O=C(CCn1nnc2ccccc2c1=O)NNC(=O)Cc1ccc(Cl)cc1. The van der Waals surface area contributed by atoms with E-state index < -0.39 is 5.91 Å². The van der Waals surface area contributed by atoms with Gasteiger partial charge >= 0.3 is 0 Å². The van der Waals surface area contributed by atoms with Gasteiger partial charge in [-0.1, -0.05) is 41.1 Å². The maximum atomic E-state index is 12.3. The van der Waals surface area contributed by atoms with Crippen molar-refractivity contribution in [1.82, 2.24) is 25.8 Å². The highest BCUT2D eigenvalue weighted by Crippen LogP contribution is 2.09. The molecule has 0 unspecified atom stereocenters. The second-order valence-corrected chi connectivity index (χ2v) is 6.22. The lowest BCUT2D eigenvalue weighted by Gasteiger charge is -2.08. The number of amides is 2. The van der Waals surface area contributed by atoms with E-state index in [1.54, 1.807) is 48.5 Å². The number of carbonyl (C=O) groups excluding carboxylic acids is 2. The molecule has 138 valence electrons. The summed E-state index contributed by atoms with van der Waals surface area (Å²) in [4.78, 5) is 36.0. The number of benzene rings is 2. The lowest BCUT2D eigenvalue weighted by atomic mass is 10.1. The summed E-state index contributed by atoms with van der Waals surface area (Å²) in [6.07, 6.45) is 0.0706. The maximum absolute atomic E-state index is 12.3. The van der Waals surface area contributed by atoms with Crippen LogP contribution < -0.4 is 16.4 Å². The van der Waals surface area contributed by atoms with Crippen molar-refractivity contribution in [1.29, 1.82) is 0 Å². The van der Waals surface area contributed by atoms with Gasteiger partial charge in [0, 0.05) is 11.4 Å². The molecule has 0 aliphatic heterocycles. The van der Waals surface area contributed by atoms with Crippen molar-refractivity contribution in [3.05, 3.63) is 69.5 Å². The van der Waals surface area contributed by atoms with Crippen LogP contribution in [0.3, 0.4) is 0 Å². The lowest BCUT2D eigenvalue weighted by Crippen LogP contribution is -2.43. The molecule has 2 aromatic carbocycles. The molecule has 27 heavy (non-hydrogen) atoms. The summed E-state index contributed by atoms with van der Waals surface area (Å²) in [6, 6.07) is 13.7. The summed E-state index contributed by atoms with van der Waals surface area (Å²) >= 11 is 5.79. The second kappa shape index (κ2) is 8.41. The highest BCUT2D eigenvalue weighted by molar-refractivity contribution is 6.30. The Bertz CT molecular complexity index is 1030. The van der Waals surface area contributed by atoms with Crippen molar-refractivity contribution in [3.63, 3.8) is 0 Å². The van der Waals surface area contributed by atoms with Crippen LogP contribution in [0.2, 0.25) is 5.02 Å². The van der Waals surface area contributed by atoms with Crippen molar-refractivity contribution in [2.45, 2.75) is 19.4 Å². The van der Waals surface area contributed by atoms with Crippen LogP contribution >= 0.6 is 11.6 Å². The van der Waals surface area contributed by atoms with Crippen molar-refractivity contribution in [3.8, 4) is 0 Å². The Hall–Kier alpha value is -3.26. The van der Waals surface area contributed by atoms with Gasteiger partial charge in [0.15, 0.2) is 0 Å². The number of nitrogens with zero attached hydrogens (tertiary/aromatic N) is 3. The van der Waals surface area contributed by atoms with E-state index in [0.717, 1.165) is 10.2 Å². The van der Waals surface area contributed by atoms with Crippen LogP contribution in [0.25, 0.3) is 10.9 Å². The number of aromatic nitrogens is 3. The minimum Gasteiger partial charge on any atom is -0.273 e. The minimum atomic E-state index is -0.443. The van der Waals surface area contributed by atoms with Crippen LogP contribution in [0, 0.1) is 0 Å². The predicted octanol–water partition coefficient (Wildman–Crippen LogP) is 1.23. The molecule has 3 aromatic rings. The summed E-state index contributed by atoms with van der Waals surface area (Å²) in [6.45, 7) is 0.0511. The van der Waals surface area contributed by atoms with Crippen molar-refractivity contribution in [2.24, 2.45) is 0 Å². The molecule has 0 radical (unpaired) electrons. The third-order valence-corrected chi connectivity index (χ3v) is 4.05. The fourth-order valence-electron chi connectivity index (χ4n) is 2.41. The smallest absolute Gasteiger partial charge is 0.273 e. The van der Waals surface area contributed by atoms with Crippen LogP contribution in [-0.4, -0.2) is 26.8 Å². The molecule has 0 saturated heterocycles. The first-order chi connectivity index (χ1) is 13.0. The zero-order valence-corrected chi connectivity index (χ0v) is 14.9. The van der Waals surface area contributed by atoms with E-state index in [9.17, 15) is 14.4 Å². The number of hydrogen-bond acceptors (Lipinski definition) is 5. The van der Waals surface area contributed by atoms with Gasteiger partial charge in [-0.3, -0.25) is 25.2 Å². The Morgan fingerprint density at radius 1 is 1.00 bits per heavy atom. The average molecular weight is 386 g/mol. The fourth-order valence-corrected chi connectivity index (χ4v) is 2.54. The molecule has 0 fully saturated rings. The van der Waals surface area contributed by atoms with E-state index in [4.69, 9.17) is 11.6 Å². The Labute approximate surface area is 159 Å². The van der Waals surface area contributed by atoms with Crippen molar-refractivity contribution in [2.75, 3.05) is 0 Å². The molecule has 2 N–H and O–H groups in total. The zero-order chi connectivity index (χ0) is 19.2. The summed E-state index contributed by atoms with van der Waals surface area (Å²) in [5.41, 5.74) is 5.59. The number of fused-ring (bicyclic) bond motifs is 1. The van der Waals surface area contributed by atoms with E-state index in [1.807, 2.05) is 0 Å². The highest BCUT2D eigenvalue weighted by Gasteiger charge is 2.09. The number of hydrogen-bond donors (Lipinski definition) is 2. The molecule has 0 aliphatic rings. The van der Waals surface area contributed by atoms with Crippen molar-refractivity contribution >= 4 is 34.3 Å². The van der Waals surface area contributed by atoms with Crippen LogP contribution in [0.1, 0.15) is 12.0 Å². The van der Waals surface area contributed by atoms with Crippen molar-refractivity contribution < 1.29 is 9.59 Å².